The Morgan fingerprint density at radius 1 is 1.35 bits per heavy atom. The number of aryl methyl sites for hydroxylation is 1. The number of ketones is 1. The van der Waals surface area contributed by atoms with Crippen LogP contribution in [-0.4, -0.2) is 10.7 Å². The van der Waals surface area contributed by atoms with Crippen molar-refractivity contribution in [1.82, 2.24) is 0 Å². The first kappa shape index (κ1) is 13.1. The molecule has 17 heavy (non-hydrogen) atoms. The maximum absolute atomic E-state index is 12.6. The molecular weight excluding hydrogens is 239 g/mol. The minimum Gasteiger partial charge on any atom is -0.295 e. The highest BCUT2D eigenvalue weighted by Gasteiger charge is 2.39. The van der Waals surface area contributed by atoms with E-state index in [1.807, 2.05) is 0 Å². The number of Topliss-reactive ketones (excluding diaryl/α,β-unsaturated/α-hetero) is 1. The Morgan fingerprint density at radius 3 is 2.24 bits per heavy atom. The predicted octanol–water partition coefficient (Wildman–Crippen LogP) is 3.12. The second-order valence-corrected chi connectivity index (χ2v) is 3.50. The Hall–Kier alpha value is -1.92. The minimum atomic E-state index is -4.86. The first-order valence-corrected chi connectivity index (χ1v) is 4.51. The van der Waals surface area contributed by atoms with Crippen LogP contribution in [0.2, 0.25) is 0 Å². The summed E-state index contributed by atoms with van der Waals surface area (Å²) in [6.45, 7) is 2.46. The van der Waals surface area contributed by atoms with E-state index in [4.69, 9.17) is 0 Å². The van der Waals surface area contributed by atoms with Crippen LogP contribution < -0.4 is 0 Å². The summed E-state index contributed by atoms with van der Waals surface area (Å²) in [7, 11) is 0. The number of hydrogen-bond donors (Lipinski definition) is 0. The largest absolute Gasteiger partial charge is 0.423 e. The molecule has 1 aromatic rings. The lowest BCUT2D eigenvalue weighted by molar-refractivity contribution is -0.388. The van der Waals surface area contributed by atoms with Gasteiger partial charge in [0.25, 0.3) is 5.69 Å². The van der Waals surface area contributed by atoms with Crippen molar-refractivity contribution in [3.63, 3.8) is 0 Å². The Bertz CT molecular complexity index is 494. The van der Waals surface area contributed by atoms with Gasteiger partial charge in [-0.3, -0.25) is 14.9 Å². The molecule has 7 heteroatoms. The molecule has 0 saturated heterocycles. The fourth-order valence-corrected chi connectivity index (χ4v) is 1.45. The summed E-state index contributed by atoms with van der Waals surface area (Å²) in [5.41, 5.74) is -2.46. The Labute approximate surface area is 94.2 Å². The van der Waals surface area contributed by atoms with E-state index >= 15 is 0 Å². The molecule has 0 radical (unpaired) electrons. The van der Waals surface area contributed by atoms with E-state index < -0.39 is 28.1 Å². The van der Waals surface area contributed by atoms with E-state index in [9.17, 15) is 28.1 Å². The van der Waals surface area contributed by atoms with Crippen LogP contribution in [0, 0.1) is 17.0 Å². The van der Waals surface area contributed by atoms with Gasteiger partial charge < -0.3 is 0 Å². The van der Waals surface area contributed by atoms with Crippen molar-refractivity contribution in [2.24, 2.45) is 0 Å². The van der Waals surface area contributed by atoms with E-state index in [1.54, 1.807) is 0 Å². The zero-order valence-corrected chi connectivity index (χ0v) is 8.96. The number of nitrogens with zero attached hydrogens (tertiary/aromatic N) is 1. The molecular formula is C10H8F3NO3. The molecule has 0 fully saturated rings. The number of halogens is 3. The van der Waals surface area contributed by atoms with Gasteiger partial charge in [0.2, 0.25) is 0 Å². The number of alkyl halides is 3. The number of carbonyl (C=O) groups is 1. The molecule has 0 heterocycles. The van der Waals surface area contributed by atoms with Crippen molar-refractivity contribution in [2.45, 2.75) is 20.0 Å². The highest BCUT2D eigenvalue weighted by molar-refractivity contribution is 5.96. The summed E-state index contributed by atoms with van der Waals surface area (Å²) in [5.74, 6) is -0.567. The summed E-state index contributed by atoms with van der Waals surface area (Å²) in [6.07, 6.45) is -4.86. The zero-order chi connectivity index (χ0) is 13.4. The van der Waals surface area contributed by atoms with Gasteiger partial charge in [-0.25, -0.2) is 0 Å². The predicted molar refractivity (Wildman–Crippen MR) is 52.8 cm³/mol. The first-order valence-electron chi connectivity index (χ1n) is 4.51. The molecule has 0 bridgehead atoms. The van der Waals surface area contributed by atoms with Gasteiger partial charge in [0.05, 0.1) is 4.92 Å². The summed E-state index contributed by atoms with van der Waals surface area (Å²) < 4.78 is 37.7. The average molecular weight is 247 g/mol. The maximum atomic E-state index is 12.6. The molecule has 1 aromatic carbocycles. The van der Waals surface area contributed by atoms with Gasteiger partial charge in [-0.05, 0) is 25.5 Å². The summed E-state index contributed by atoms with van der Waals surface area (Å²) in [4.78, 5) is 20.5. The smallest absolute Gasteiger partial charge is 0.295 e. The topological polar surface area (TPSA) is 60.2 Å². The lowest BCUT2D eigenvalue weighted by Crippen LogP contribution is -2.11. The average Bonchev–Trinajstić information content (AvgIpc) is 2.14. The zero-order valence-electron chi connectivity index (χ0n) is 8.96. The van der Waals surface area contributed by atoms with Crippen molar-refractivity contribution in [2.75, 3.05) is 0 Å². The van der Waals surface area contributed by atoms with E-state index in [-0.39, 0.29) is 11.1 Å². The highest BCUT2D eigenvalue weighted by atomic mass is 19.4. The van der Waals surface area contributed by atoms with Gasteiger partial charge in [-0.1, -0.05) is 0 Å². The van der Waals surface area contributed by atoms with Gasteiger partial charge >= 0.3 is 6.18 Å². The molecule has 0 N–H and O–H groups in total. The van der Waals surface area contributed by atoms with Crippen LogP contribution in [0.1, 0.15) is 28.4 Å². The van der Waals surface area contributed by atoms with Crippen LogP contribution in [0.25, 0.3) is 0 Å². The fraction of sp³-hybridized carbons (Fsp3) is 0.300. The molecule has 0 spiro atoms. The molecule has 0 saturated carbocycles. The summed E-state index contributed by atoms with van der Waals surface area (Å²) in [6, 6.07) is 1.29. The quantitative estimate of drug-likeness (QED) is 0.458. The van der Waals surface area contributed by atoms with Crippen molar-refractivity contribution in [1.29, 1.82) is 0 Å². The number of carbonyl (C=O) groups excluding carboxylic acids is 1. The van der Waals surface area contributed by atoms with Crippen molar-refractivity contribution in [3.8, 4) is 0 Å². The number of hydrogen-bond acceptors (Lipinski definition) is 3. The van der Waals surface area contributed by atoms with Crippen LogP contribution in [0.3, 0.4) is 0 Å². The van der Waals surface area contributed by atoms with E-state index in [0.717, 1.165) is 13.0 Å². The lowest BCUT2D eigenvalue weighted by Gasteiger charge is -2.10. The summed E-state index contributed by atoms with van der Waals surface area (Å²) >= 11 is 0. The van der Waals surface area contributed by atoms with Gasteiger partial charge in [-0.2, -0.15) is 13.2 Å². The van der Waals surface area contributed by atoms with E-state index in [0.29, 0.717) is 6.07 Å². The van der Waals surface area contributed by atoms with E-state index in [1.165, 1.54) is 6.92 Å². The second-order valence-electron chi connectivity index (χ2n) is 3.50. The molecule has 0 amide bonds. The van der Waals surface area contributed by atoms with Crippen molar-refractivity contribution < 1.29 is 22.9 Å². The molecule has 0 aliphatic rings. The van der Waals surface area contributed by atoms with Crippen molar-refractivity contribution >= 4 is 11.5 Å². The molecule has 0 aromatic heterocycles. The molecule has 0 unspecified atom stereocenters. The molecule has 0 aliphatic carbocycles. The van der Waals surface area contributed by atoms with Crippen LogP contribution in [0.15, 0.2) is 12.1 Å². The van der Waals surface area contributed by atoms with E-state index in [2.05, 4.69) is 0 Å². The van der Waals surface area contributed by atoms with Gasteiger partial charge in [0.1, 0.15) is 5.56 Å². The number of nitro groups is 1. The maximum Gasteiger partial charge on any atom is 0.423 e. The standard InChI is InChI=1S/C10H8F3NO3/c1-5-3-9(14(16)17)8(10(11,12)13)4-7(5)6(2)15/h3-4H,1-2H3. The van der Waals surface area contributed by atoms with Gasteiger partial charge in [0.15, 0.2) is 5.78 Å². The Kier molecular flexibility index (Phi) is 3.21. The fourth-order valence-electron chi connectivity index (χ4n) is 1.45. The molecule has 92 valence electrons. The second kappa shape index (κ2) is 4.15. The van der Waals surface area contributed by atoms with Crippen molar-refractivity contribution in [3.05, 3.63) is 38.9 Å². The third-order valence-corrected chi connectivity index (χ3v) is 2.22. The molecule has 0 aliphatic heterocycles. The molecule has 4 nitrogen and oxygen atoms in total. The Balaban J connectivity index is 3.60. The molecule has 0 atom stereocenters. The minimum absolute atomic E-state index is 0.150. The van der Waals surface area contributed by atoms with Gasteiger partial charge in [0, 0.05) is 11.6 Å². The van der Waals surface area contributed by atoms with Gasteiger partial charge in [-0.15, -0.1) is 0 Å². The summed E-state index contributed by atoms with van der Waals surface area (Å²) in [5, 5.41) is 10.5. The van der Waals surface area contributed by atoms with Crippen LogP contribution >= 0.6 is 0 Å². The Morgan fingerprint density at radius 2 is 1.88 bits per heavy atom. The van der Waals surface area contributed by atoms with Crippen LogP contribution in [0.5, 0.6) is 0 Å². The first-order chi connectivity index (χ1) is 7.64. The SMILES string of the molecule is CC(=O)c1cc(C(F)(F)F)c([N+](=O)[O-])cc1C. The lowest BCUT2D eigenvalue weighted by atomic mass is 10.00. The number of nitro benzene ring substituents is 1. The third kappa shape index (κ3) is 2.61. The normalized spacial score (nSPS) is 11.4. The van der Waals surface area contributed by atoms with Crippen LogP contribution in [0.4, 0.5) is 18.9 Å². The number of benzene rings is 1. The third-order valence-electron chi connectivity index (χ3n) is 2.22. The van der Waals surface area contributed by atoms with Crippen LogP contribution in [-0.2, 0) is 6.18 Å². The molecule has 1 rings (SSSR count). The monoisotopic (exact) mass is 247 g/mol. The number of rotatable bonds is 2. The highest BCUT2D eigenvalue weighted by Crippen LogP contribution is 2.37.